The summed E-state index contributed by atoms with van der Waals surface area (Å²) in [7, 11) is 0. The number of imidazole rings is 1. The monoisotopic (exact) mass is 486 g/mol. The summed E-state index contributed by atoms with van der Waals surface area (Å²) in [5.41, 5.74) is 3.38. The van der Waals surface area contributed by atoms with E-state index >= 15 is 0 Å². The van der Waals surface area contributed by atoms with Crippen LogP contribution in [0.15, 0.2) is 61.1 Å². The first-order chi connectivity index (χ1) is 17.5. The molecule has 6 nitrogen and oxygen atoms in total. The number of rotatable bonds is 5. The van der Waals surface area contributed by atoms with E-state index in [1.165, 1.54) is 6.07 Å². The minimum atomic E-state index is -0.945. The first-order valence-corrected chi connectivity index (χ1v) is 11.8. The van der Waals surface area contributed by atoms with Crippen molar-refractivity contribution in [3.8, 4) is 28.8 Å². The summed E-state index contributed by atoms with van der Waals surface area (Å²) in [4.78, 5) is 23.8. The molecule has 0 bridgehead atoms. The molecule has 4 aromatic rings. The van der Waals surface area contributed by atoms with E-state index in [-0.39, 0.29) is 24.3 Å². The van der Waals surface area contributed by atoms with Gasteiger partial charge in [-0.05, 0) is 49.8 Å². The van der Waals surface area contributed by atoms with Crippen molar-refractivity contribution in [1.82, 2.24) is 19.3 Å². The zero-order valence-electron chi connectivity index (χ0n) is 19.7. The van der Waals surface area contributed by atoms with Gasteiger partial charge in [-0.2, -0.15) is 0 Å². The number of aromatic nitrogens is 3. The van der Waals surface area contributed by atoms with Gasteiger partial charge in [0.05, 0.1) is 23.4 Å². The summed E-state index contributed by atoms with van der Waals surface area (Å²) in [5, 5.41) is 0. The van der Waals surface area contributed by atoms with Crippen LogP contribution in [-0.2, 0) is 11.4 Å². The summed E-state index contributed by atoms with van der Waals surface area (Å²) in [5.74, 6) is 4.40. The normalized spacial score (nSPS) is 15.4. The van der Waals surface area contributed by atoms with Crippen molar-refractivity contribution in [1.29, 1.82) is 0 Å². The van der Waals surface area contributed by atoms with Crippen LogP contribution in [0.2, 0.25) is 0 Å². The van der Waals surface area contributed by atoms with Gasteiger partial charge in [-0.25, -0.2) is 13.8 Å². The molecule has 1 atom stereocenters. The molecule has 1 saturated heterocycles. The van der Waals surface area contributed by atoms with Crippen molar-refractivity contribution < 1.29 is 18.3 Å². The van der Waals surface area contributed by atoms with Crippen molar-refractivity contribution in [2.75, 3.05) is 6.54 Å². The zero-order valence-corrected chi connectivity index (χ0v) is 19.7. The molecule has 182 valence electrons. The summed E-state index contributed by atoms with van der Waals surface area (Å²) >= 11 is 0. The van der Waals surface area contributed by atoms with Crippen LogP contribution in [0.3, 0.4) is 0 Å². The van der Waals surface area contributed by atoms with Gasteiger partial charge in [-0.1, -0.05) is 30.2 Å². The van der Waals surface area contributed by atoms with Crippen LogP contribution in [-0.4, -0.2) is 31.7 Å². The number of likely N-dealkylation sites (tertiary alicyclic amines) is 1. The summed E-state index contributed by atoms with van der Waals surface area (Å²) in [6.07, 6.45) is 8.12. The largest absolute Gasteiger partial charge is 0.489 e. The second-order valence-corrected chi connectivity index (χ2v) is 8.60. The predicted octanol–water partition coefficient (Wildman–Crippen LogP) is 5.33. The van der Waals surface area contributed by atoms with E-state index < -0.39 is 11.6 Å². The molecule has 0 spiro atoms. The van der Waals surface area contributed by atoms with E-state index in [1.807, 2.05) is 39.8 Å². The third-order valence-corrected chi connectivity index (χ3v) is 6.29. The molecule has 2 aromatic carbocycles. The Labute approximate surface area is 207 Å². The van der Waals surface area contributed by atoms with E-state index in [9.17, 15) is 13.6 Å². The molecule has 0 aliphatic carbocycles. The molecule has 1 amide bonds. The number of ether oxygens (including phenoxy) is 1. The van der Waals surface area contributed by atoms with Crippen LogP contribution in [0.4, 0.5) is 8.78 Å². The van der Waals surface area contributed by atoms with Crippen molar-refractivity contribution >= 4 is 11.4 Å². The number of carbonyl (C=O) groups excluding carboxylic acids is 1. The molecule has 3 heterocycles. The number of amides is 1. The summed E-state index contributed by atoms with van der Waals surface area (Å²) in [6, 6.07) is 11.0. The number of benzene rings is 2. The highest BCUT2D eigenvalue weighted by Crippen LogP contribution is 2.34. The molecule has 1 aliphatic rings. The maximum absolute atomic E-state index is 13.4. The lowest BCUT2D eigenvalue weighted by atomic mass is 10.0. The maximum Gasteiger partial charge on any atom is 0.299 e. The third-order valence-electron chi connectivity index (χ3n) is 6.29. The maximum atomic E-state index is 13.4. The fraction of sp³-hybridized carbons (Fsp3) is 0.250. The van der Waals surface area contributed by atoms with Crippen molar-refractivity contribution in [3.05, 3.63) is 84.1 Å². The number of halogens is 2. The molecule has 1 aliphatic heterocycles. The van der Waals surface area contributed by atoms with Crippen molar-refractivity contribution in [2.45, 2.75) is 38.8 Å². The highest BCUT2D eigenvalue weighted by atomic mass is 19.2. The standard InChI is InChI=1S/C28H24F2N4O2/c1-2-5-26(35)33-14-4-3-6-24(33)28-32-27(25-17-31-13-15-34(25)28)20-9-7-19(8-10-20)18-36-21-11-12-22(29)23(30)16-21/h7-13,15-17,24H,3-4,6,14,18H2,1H3/t24-/m0/s1. The molecule has 0 saturated carbocycles. The van der Waals surface area contributed by atoms with Crippen molar-refractivity contribution in [3.63, 3.8) is 0 Å². The van der Waals surface area contributed by atoms with Crippen molar-refractivity contribution in [2.24, 2.45) is 0 Å². The molecule has 36 heavy (non-hydrogen) atoms. The Bertz CT molecular complexity index is 1470. The Kier molecular flexibility index (Phi) is 6.63. The van der Waals surface area contributed by atoms with E-state index in [2.05, 4.69) is 16.8 Å². The quantitative estimate of drug-likeness (QED) is 0.358. The number of nitrogens with zero attached hydrogens (tertiary/aromatic N) is 4. The highest BCUT2D eigenvalue weighted by molar-refractivity contribution is 5.93. The topological polar surface area (TPSA) is 59.7 Å². The SMILES string of the molecule is CC#CC(=O)N1CCCC[C@H]1c1nc(-c2ccc(COc3ccc(F)c(F)c3)cc2)c2cnccn12. The van der Waals surface area contributed by atoms with Gasteiger partial charge in [-0.3, -0.25) is 14.2 Å². The minimum Gasteiger partial charge on any atom is -0.489 e. The van der Waals surface area contributed by atoms with Crippen LogP contribution in [0.5, 0.6) is 5.75 Å². The summed E-state index contributed by atoms with van der Waals surface area (Å²) in [6.45, 7) is 2.53. The van der Waals surface area contributed by atoms with Gasteiger partial charge < -0.3 is 9.64 Å². The lowest BCUT2D eigenvalue weighted by Gasteiger charge is -2.33. The minimum absolute atomic E-state index is 0.167. The smallest absolute Gasteiger partial charge is 0.299 e. The Hall–Kier alpha value is -4.25. The Balaban J connectivity index is 1.42. The third kappa shape index (κ3) is 4.65. The highest BCUT2D eigenvalue weighted by Gasteiger charge is 2.31. The molecule has 2 aromatic heterocycles. The van der Waals surface area contributed by atoms with Crippen LogP contribution in [0, 0.1) is 23.5 Å². The van der Waals surface area contributed by atoms with Gasteiger partial charge >= 0.3 is 0 Å². The van der Waals surface area contributed by atoms with Gasteiger partial charge in [0.25, 0.3) is 5.91 Å². The number of hydrogen-bond acceptors (Lipinski definition) is 4. The zero-order chi connectivity index (χ0) is 25.1. The molecule has 1 fully saturated rings. The first-order valence-electron chi connectivity index (χ1n) is 11.8. The average molecular weight is 487 g/mol. The fourth-order valence-corrected chi connectivity index (χ4v) is 4.52. The number of fused-ring (bicyclic) bond motifs is 1. The van der Waals surface area contributed by atoms with Gasteiger partial charge in [0.2, 0.25) is 0 Å². The number of piperidine rings is 1. The lowest BCUT2D eigenvalue weighted by molar-refractivity contribution is -0.129. The number of hydrogen-bond donors (Lipinski definition) is 0. The lowest BCUT2D eigenvalue weighted by Crippen LogP contribution is -2.38. The average Bonchev–Trinajstić information content (AvgIpc) is 3.29. The van der Waals surface area contributed by atoms with E-state index in [0.717, 1.165) is 59.6 Å². The van der Waals surface area contributed by atoms with Gasteiger partial charge in [0, 0.05) is 30.6 Å². The van der Waals surface area contributed by atoms with Crippen LogP contribution in [0.1, 0.15) is 43.6 Å². The van der Waals surface area contributed by atoms with Crippen LogP contribution < -0.4 is 4.74 Å². The van der Waals surface area contributed by atoms with Crippen LogP contribution >= 0.6 is 0 Å². The molecular weight excluding hydrogens is 462 g/mol. The first kappa shape index (κ1) is 23.5. The van der Waals surface area contributed by atoms with Crippen LogP contribution in [0.25, 0.3) is 16.8 Å². The number of carbonyl (C=O) groups is 1. The van der Waals surface area contributed by atoms with E-state index in [4.69, 9.17) is 9.72 Å². The van der Waals surface area contributed by atoms with Gasteiger partial charge in [0.15, 0.2) is 11.6 Å². The summed E-state index contributed by atoms with van der Waals surface area (Å²) < 4.78 is 34.1. The Morgan fingerprint density at radius 1 is 1.14 bits per heavy atom. The van der Waals surface area contributed by atoms with E-state index in [0.29, 0.717) is 6.54 Å². The fourth-order valence-electron chi connectivity index (χ4n) is 4.52. The molecule has 5 rings (SSSR count). The van der Waals surface area contributed by atoms with Gasteiger partial charge in [-0.15, -0.1) is 0 Å². The molecule has 8 heteroatoms. The second kappa shape index (κ2) is 10.2. The Morgan fingerprint density at radius 3 is 2.75 bits per heavy atom. The van der Waals surface area contributed by atoms with Gasteiger partial charge in [0.1, 0.15) is 18.2 Å². The molecule has 0 N–H and O–H groups in total. The predicted molar refractivity (Wildman–Crippen MR) is 131 cm³/mol. The molecular formula is C28H24F2N4O2. The second-order valence-electron chi connectivity index (χ2n) is 8.60. The Morgan fingerprint density at radius 2 is 1.97 bits per heavy atom. The molecule has 0 radical (unpaired) electrons. The van der Waals surface area contributed by atoms with E-state index in [1.54, 1.807) is 19.3 Å². The molecule has 0 unspecified atom stereocenters.